The highest BCUT2D eigenvalue weighted by molar-refractivity contribution is 7.21. The van der Waals surface area contributed by atoms with Gasteiger partial charge in [-0.1, -0.05) is 48.5 Å². The van der Waals surface area contributed by atoms with Crippen molar-refractivity contribution in [3.8, 4) is 10.6 Å². The summed E-state index contributed by atoms with van der Waals surface area (Å²) < 4.78 is 1.20. The number of para-hydroxylation sites is 1. The summed E-state index contributed by atoms with van der Waals surface area (Å²) in [5.74, 6) is 0.853. The molecule has 188 valence electrons. The van der Waals surface area contributed by atoms with Gasteiger partial charge in [-0.3, -0.25) is 9.88 Å². The Morgan fingerprint density at radius 1 is 0.500 bits per heavy atom. The molecule has 0 aliphatic heterocycles. The van der Waals surface area contributed by atoms with Gasteiger partial charge in [0.25, 0.3) is 0 Å². The molecular weight excluding hydrogens is 508 g/mol. The van der Waals surface area contributed by atoms with Crippen LogP contribution in [0.15, 0.2) is 134 Å². The molecule has 3 heterocycles. The Balaban J connectivity index is 1.27. The molecule has 0 N–H and O–H groups in total. The standard InChI is InChI=1S/C35H22N4S/c1-2-7-25-21-29(17-11-23(25)6-1)39(34-18-14-27-20-26-8-5-19-36-31(26)22-32(27)37-34)28-15-12-24(13-16-28)35-38-30-9-3-4-10-33(30)40-35/h1-22H. The zero-order chi connectivity index (χ0) is 26.5. The Hall–Kier alpha value is -5.13. The van der Waals surface area contributed by atoms with Crippen molar-refractivity contribution in [3.05, 3.63) is 134 Å². The van der Waals surface area contributed by atoms with Crippen LogP contribution in [0.3, 0.4) is 0 Å². The maximum Gasteiger partial charge on any atom is 0.138 e. The zero-order valence-electron chi connectivity index (χ0n) is 21.4. The van der Waals surface area contributed by atoms with Gasteiger partial charge in [0.05, 0.1) is 21.3 Å². The number of nitrogens with zero attached hydrogens (tertiary/aromatic N) is 4. The van der Waals surface area contributed by atoms with E-state index in [9.17, 15) is 0 Å². The molecule has 0 aliphatic rings. The summed E-state index contributed by atoms with van der Waals surface area (Å²) in [5.41, 5.74) is 6.08. The van der Waals surface area contributed by atoms with Crippen molar-refractivity contribution in [1.29, 1.82) is 0 Å². The van der Waals surface area contributed by atoms with Crippen LogP contribution in [0.4, 0.5) is 17.2 Å². The topological polar surface area (TPSA) is 41.9 Å². The van der Waals surface area contributed by atoms with E-state index in [-0.39, 0.29) is 0 Å². The minimum absolute atomic E-state index is 0.853. The minimum atomic E-state index is 0.853. The van der Waals surface area contributed by atoms with E-state index in [0.717, 1.165) is 55.1 Å². The molecule has 5 aromatic carbocycles. The number of fused-ring (bicyclic) bond motifs is 4. The number of rotatable bonds is 4. The van der Waals surface area contributed by atoms with Crippen molar-refractivity contribution in [2.24, 2.45) is 0 Å². The lowest BCUT2D eigenvalue weighted by Gasteiger charge is -2.25. The van der Waals surface area contributed by atoms with E-state index in [1.165, 1.54) is 15.5 Å². The van der Waals surface area contributed by atoms with Crippen LogP contribution < -0.4 is 4.90 Å². The second kappa shape index (κ2) is 9.26. The van der Waals surface area contributed by atoms with Crippen LogP contribution in [-0.2, 0) is 0 Å². The highest BCUT2D eigenvalue weighted by atomic mass is 32.1. The van der Waals surface area contributed by atoms with Crippen LogP contribution in [0.25, 0.3) is 53.4 Å². The number of hydrogen-bond acceptors (Lipinski definition) is 5. The highest BCUT2D eigenvalue weighted by Crippen LogP contribution is 2.38. The third-order valence-corrected chi connectivity index (χ3v) is 8.37. The van der Waals surface area contributed by atoms with Crippen LogP contribution in [0.5, 0.6) is 0 Å². The van der Waals surface area contributed by atoms with E-state index >= 15 is 0 Å². The van der Waals surface area contributed by atoms with Crippen LogP contribution >= 0.6 is 11.3 Å². The summed E-state index contributed by atoms with van der Waals surface area (Å²) in [6, 6.07) is 44.4. The average Bonchev–Trinajstić information content (AvgIpc) is 3.45. The van der Waals surface area contributed by atoms with Gasteiger partial charge in [0.2, 0.25) is 0 Å². The van der Waals surface area contributed by atoms with Crippen LogP contribution in [0.1, 0.15) is 0 Å². The van der Waals surface area contributed by atoms with E-state index in [2.05, 4.69) is 125 Å². The van der Waals surface area contributed by atoms with Gasteiger partial charge in [0.15, 0.2) is 0 Å². The van der Waals surface area contributed by atoms with E-state index in [1.807, 2.05) is 18.3 Å². The fourth-order valence-corrected chi connectivity index (χ4v) is 6.26. The molecule has 8 rings (SSSR count). The molecule has 5 heteroatoms. The van der Waals surface area contributed by atoms with Gasteiger partial charge in [-0.2, -0.15) is 0 Å². The van der Waals surface area contributed by atoms with Gasteiger partial charge in [-0.05, 0) is 89.6 Å². The molecule has 0 saturated heterocycles. The predicted octanol–water partition coefficient (Wildman–Crippen LogP) is 9.68. The third kappa shape index (κ3) is 3.96. The lowest BCUT2D eigenvalue weighted by Crippen LogP contribution is -2.11. The smallest absolute Gasteiger partial charge is 0.138 e. The number of benzene rings is 5. The Kier molecular flexibility index (Phi) is 5.28. The van der Waals surface area contributed by atoms with Crippen molar-refractivity contribution in [2.75, 3.05) is 4.90 Å². The number of thiazole rings is 1. The molecule has 0 unspecified atom stereocenters. The summed E-state index contributed by atoms with van der Waals surface area (Å²) in [7, 11) is 0. The number of pyridine rings is 2. The Morgan fingerprint density at radius 2 is 1.25 bits per heavy atom. The SMILES string of the molecule is c1ccc2cc(N(c3ccc(-c4nc5ccccc5s4)cc3)c3ccc4cc5cccnc5cc4n3)ccc2c1. The van der Waals surface area contributed by atoms with E-state index in [0.29, 0.717) is 0 Å². The average molecular weight is 531 g/mol. The van der Waals surface area contributed by atoms with Crippen LogP contribution in [-0.4, -0.2) is 15.0 Å². The van der Waals surface area contributed by atoms with Gasteiger partial charge in [-0.25, -0.2) is 9.97 Å². The summed E-state index contributed by atoms with van der Waals surface area (Å²) >= 11 is 1.72. The molecule has 0 amide bonds. The van der Waals surface area contributed by atoms with Gasteiger partial charge in [-0.15, -0.1) is 11.3 Å². The summed E-state index contributed by atoms with van der Waals surface area (Å²) in [4.78, 5) is 16.8. The lowest BCUT2D eigenvalue weighted by atomic mass is 10.1. The maximum atomic E-state index is 5.14. The molecule has 8 aromatic rings. The zero-order valence-corrected chi connectivity index (χ0v) is 22.2. The van der Waals surface area contributed by atoms with E-state index < -0.39 is 0 Å². The van der Waals surface area contributed by atoms with E-state index in [1.54, 1.807) is 11.3 Å². The second-order valence-corrected chi connectivity index (χ2v) is 10.8. The normalized spacial score (nSPS) is 11.5. The predicted molar refractivity (Wildman–Crippen MR) is 168 cm³/mol. The van der Waals surface area contributed by atoms with Gasteiger partial charge < -0.3 is 0 Å². The monoisotopic (exact) mass is 530 g/mol. The number of hydrogen-bond donors (Lipinski definition) is 0. The highest BCUT2D eigenvalue weighted by Gasteiger charge is 2.16. The fourth-order valence-electron chi connectivity index (χ4n) is 5.28. The molecule has 0 aliphatic carbocycles. The summed E-state index contributed by atoms with van der Waals surface area (Å²) in [6.07, 6.45) is 1.83. The lowest BCUT2D eigenvalue weighted by molar-refractivity contribution is 1.21. The molecular formula is C35H22N4S. The maximum absolute atomic E-state index is 5.14. The first-order valence-electron chi connectivity index (χ1n) is 13.2. The van der Waals surface area contributed by atoms with Crippen molar-refractivity contribution in [3.63, 3.8) is 0 Å². The molecule has 40 heavy (non-hydrogen) atoms. The number of aromatic nitrogens is 3. The number of anilines is 3. The minimum Gasteiger partial charge on any atom is -0.295 e. The van der Waals surface area contributed by atoms with Gasteiger partial charge >= 0.3 is 0 Å². The molecule has 0 radical (unpaired) electrons. The Bertz CT molecular complexity index is 2150. The van der Waals surface area contributed by atoms with Crippen molar-refractivity contribution < 1.29 is 0 Å². The quantitative estimate of drug-likeness (QED) is 0.212. The molecule has 0 bridgehead atoms. The molecule has 0 saturated carbocycles. The van der Waals surface area contributed by atoms with Crippen molar-refractivity contribution in [2.45, 2.75) is 0 Å². The fraction of sp³-hybridized carbons (Fsp3) is 0. The molecule has 3 aromatic heterocycles. The van der Waals surface area contributed by atoms with Crippen molar-refractivity contribution in [1.82, 2.24) is 15.0 Å². The first-order chi connectivity index (χ1) is 19.8. The Morgan fingerprint density at radius 3 is 2.15 bits per heavy atom. The van der Waals surface area contributed by atoms with Crippen LogP contribution in [0, 0.1) is 0 Å². The van der Waals surface area contributed by atoms with Gasteiger partial charge in [0.1, 0.15) is 10.8 Å². The first-order valence-corrected chi connectivity index (χ1v) is 14.0. The molecule has 0 spiro atoms. The largest absolute Gasteiger partial charge is 0.295 e. The molecule has 4 nitrogen and oxygen atoms in total. The van der Waals surface area contributed by atoms with Crippen LogP contribution in [0.2, 0.25) is 0 Å². The van der Waals surface area contributed by atoms with E-state index in [4.69, 9.17) is 9.97 Å². The van der Waals surface area contributed by atoms with Crippen molar-refractivity contribution >= 4 is 71.3 Å². The van der Waals surface area contributed by atoms with Gasteiger partial charge in [0, 0.05) is 33.9 Å². The third-order valence-electron chi connectivity index (χ3n) is 7.29. The summed E-state index contributed by atoms with van der Waals surface area (Å²) in [6.45, 7) is 0. The summed E-state index contributed by atoms with van der Waals surface area (Å²) in [5, 5.41) is 5.62. The molecule has 0 fully saturated rings. The molecule has 0 atom stereocenters. The first kappa shape index (κ1) is 22.8. The Labute approximate surface area is 234 Å². The second-order valence-electron chi connectivity index (χ2n) is 9.81.